The summed E-state index contributed by atoms with van der Waals surface area (Å²) >= 11 is 1.26. The van der Waals surface area contributed by atoms with Crippen molar-refractivity contribution in [3.63, 3.8) is 0 Å². The summed E-state index contributed by atoms with van der Waals surface area (Å²) in [6.45, 7) is 2.87. The van der Waals surface area contributed by atoms with Gasteiger partial charge in [-0.1, -0.05) is 43.2 Å². The first-order chi connectivity index (χ1) is 11.2. The Balaban J connectivity index is 2.30. The lowest BCUT2D eigenvalue weighted by Crippen LogP contribution is -2.27. The fraction of sp³-hybridized carbons (Fsp3) is 0.353. The smallest absolute Gasteiger partial charge is 0.262 e. The highest BCUT2D eigenvalue weighted by atomic mass is 32.2. The first-order valence-corrected chi connectivity index (χ1v) is 8.48. The van der Waals surface area contributed by atoms with Gasteiger partial charge in [0.25, 0.3) is 5.56 Å². The number of fused-ring (bicyclic) bond motifs is 1. The molecule has 0 aliphatic carbocycles. The maximum atomic E-state index is 12.7. The van der Waals surface area contributed by atoms with Crippen molar-refractivity contribution >= 4 is 28.6 Å². The number of benzene rings is 1. The van der Waals surface area contributed by atoms with Crippen LogP contribution in [0, 0.1) is 12.3 Å². The third-order valence-corrected chi connectivity index (χ3v) is 4.26. The average molecular weight is 329 g/mol. The van der Waals surface area contributed by atoms with Gasteiger partial charge in [-0.25, -0.2) is 4.98 Å². The minimum atomic E-state index is -0.169. The van der Waals surface area contributed by atoms with Crippen molar-refractivity contribution in [3.05, 3.63) is 34.6 Å². The number of para-hydroxylation sites is 1. The molecule has 0 aliphatic rings. The van der Waals surface area contributed by atoms with Gasteiger partial charge >= 0.3 is 0 Å². The molecule has 1 heterocycles. The lowest BCUT2D eigenvalue weighted by molar-refractivity contribution is -0.118. The van der Waals surface area contributed by atoms with Crippen LogP contribution < -0.4 is 10.9 Å². The Morgan fingerprint density at radius 2 is 2.22 bits per heavy atom. The number of aromatic nitrogens is 2. The molecule has 0 saturated carbocycles. The number of nitrogens with one attached hydrogen (secondary N) is 1. The van der Waals surface area contributed by atoms with Crippen molar-refractivity contribution in [2.24, 2.45) is 0 Å². The second-order valence-corrected chi connectivity index (χ2v) is 5.93. The van der Waals surface area contributed by atoms with Gasteiger partial charge < -0.3 is 5.32 Å². The number of carbonyl (C=O) groups is 1. The van der Waals surface area contributed by atoms with E-state index in [1.807, 2.05) is 18.2 Å². The highest BCUT2D eigenvalue weighted by molar-refractivity contribution is 7.99. The Hall–Kier alpha value is -2.26. The number of terminal acetylenes is 1. The summed E-state index contributed by atoms with van der Waals surface area (Å²) in [5, 5.41) is 3.78. The summed E-state index contributed by atoms with van der Waals surface area (Å²) in [5.41, 5.74) is 0.590. The monoisotopic (exact) mass is 329 g/mol. The zero-order valence-corrected chi connectivity index (χ0v) is 13.9. The van der Waals surface area contributed by atoms with Gasteiger partial charge in [-0.3, -0.25) is 14.2 Å². The minimum absolute atomic E-state index is 0.0596. The fourth-order valence-electron chi connectivity index (χ4n) is 2.10. The Labute approximate surface area is 139 Å². The third kappa shape index (κ3) is 4.36. The van der Waals surface area contributed by atoms with Crippen molar-refractivity contribution in [1.82, 2.24) is 14.9 Å². The van der Waals surface area contributed by atoms with E-state index in [1.165, 1.54) is 11.8 Å². The molecule has 0 aliphatic heterocycles. The van der Waals surface area contributed by atoms with Crippen LogP contribution in [0.25, 0.3) is 10.9 Å². The normalized spacial score (nSPS) is 10.4. The largest absolute Gasteiger partial charge is 0.344 e. The number of unbranched alkanes of at least 4 members (excludes halogenated alkanes) is 1. The van der Waals surface area contributed by atoms with Crippen LogP contribution in [-0.2, 0) is 11.3 Å². The number of hydrogen-bond acceptors (Lipinski definition) is 4. The van der Waals surface area contributed by atoms with Gasteiger partial charge in [0.2, 0.25) is 5.91 Å². The zero-order chi connectivity index (χ0) is 16.7. The summed E-state index contributed by atoms with van der Waals surface area (Å²) in [7, 11) is 0. The van der Waals surface area contributed by atoms with Gasteiger partial charge in [-0.05, 0) is 18.6 Å². The molecular weight excluding hydrogens is 310 g/mol. The lowest BCUT2D eigenvalue weighted by atomic mass is 10.2. The summed E-state index contributed by atoms with van der Waals surface area (Å²) in [4.78, 5) is 28.9. The van der Waals surface area contributed by atoms with Crippen LogP contribution in [0.2, 0.25) is 0 Å². The SMILES string of the molecule is C#CCNC(=O)CSc1nc2ccccc2c(=O)n1CCCC. The molecule has 5 nitrogen and oxygen atoms in total. The van der Waals surface area contributed by atoms with Crippen LogP contribution in [0.3, 0.4) is 0 Å². The van der Waals surface area contributed by atoms with Crippen LogP contribution in [0.4, 0.5) is 0 Å². The Bertz CT molecular complexity index is 793. The summed E-state index contributed by atoms with van der Waals surface area (Å²) < 4.78 is 1.66. The number of amides is 1. The van der Waals surface area contributed by atoms with E-state index in [9.17, 15) is 9.59 Å². The molecule has 2 aromatic rings. The van der Waals surface area contributed by atoms with Crippen molar-refractivity contribution in [1.29, 1.82) is 0 Å². The Morgan fingerprint density at radius 1 is 1.43 bits per heavy atom. The van der Waals surface area contributed by atoms with E-state index >= 15 is 0 Å². The molecule has 0 atom stereocenters. The lowest BCUT2D eigenvalue weighted by Gasteiger charge is -2.12. The molecule has 6 heteroatoms. The topological polar surface area (TPSA) is 64.0 Å². The molecule has 1 amide bonds. The molecule has 120 valence electrons. The van der Waals surface area contributed by atoms with Gasteiger partial charge in [0.1, 0.15) is 0 Å². The molecule has 1 N–H and O–H groups in total. The van der Waals surface area contributed by atoms with Crippen LogP contribution in [0.15, 0.2) is 34.2 Å². The fourth-order valence-corrected chi connectivity index (χ4v) is 2.96. The third-order valence-electron chi connectivity index (χ3n) is 3.28. The predicted octanol–water partition coefficient (Wildman–Crippen LogP) is 2.04. The van der Waals surface area contributed by atoms with Gasteiger partial charge in [-0.2, -0.15) is 0 Å². The van der Waals surface area contributed by atoms with Crippen molar-refractivity contribution in [2.75, 3.05) is 12.3 Å². The molecule has 0 spiro atoms. The first-order valence-electron chi connectivity index (χ1n) is 7.50. The van der Waals surface area contributed by atoms with Crippen LogP contribution in [0.5, 0.6) is 0 Å². The molecule has 0 bridgehead atoms. The maximum Gasteiger partial charge on any atom is 0.262 e. The van der Waals surface area contributed by atoms with E-state index < -0.39 is 0 Å². The maximum absolute atomic E-state index is 12.7. The van der Waals surface area contributed by atoms with E-state index in [0.29, 0.717) is 22.6 Å². The number of rotatable bonds is 7. The molecule has 0 radical (unpaired) electrons. The number of nitrogens with zero attached hydrogens (tertiary/aromatic N) is 2. The van der Waals surface area contributed by atoms with Gasteiger partial charge in [0, 0.05) is 6.54 Å². The summed E-state index contributed by atoms with van der Waals surface area (Å²) in [6, 6.07) is 7.26. The highest BCUT2D eigenvalue weighted by Crippen LogP contribution is 2.18. The van der Waals surface area contributed by atoms with Crippen LogP contribution in [0.1, 0.15) is 19.8 Å². The van der Waals surface area contributed by atoms with Crippen molar-refractivity contribution < 1.29 is 4.79 Å². The standard InChI is InChI=1S/C17H19N3O2S/c1-3-5-11-20-16(22)13-8-6-7-9-14(13)19-17(20)23-12-15(21)18-10-4-2/h2,6-9H,3,5,10-12H2,1H3,(H,18,21). The molecular formula is C17H19N3O2S. The van der Waals surface area contributed by atoms with Crippen LogP contribution in [-0.4, -0.2) is 27.8 Å². The number of thioether (sulfide) groups is 1. The molecule has 1 aromatic carbocycles. The summed E-state index contributed by atoms with van der Waals surface area (Å²) in [5.74, 6) is 2.37. The highest BCUT2D eigenvalue weighted by Gasteiger charge is 2.12. The molecule has 2 rings (SSSR count). The second-order valence-electron chi connectivity index (χ2n) is 4.99. The average Bonchev–Trinajstić information content (AvgIpc) is 2.57. The van der Waals surface area contributed by atoms with Gasteiger partial charge in [-0.15, -0.1) is 6.42 Å². The zero-order valence-electron chi connectivity index (χ0n) is 13.0. The second kappa shape index (κ2) is 8.39. The first kappa shape index (κ1) is 17.1. The Morgan fingerprint density at radius 3 is 2.96 bits per heavy atom. The number of hydrogen-bond donors (Lipinski definition) is 1. The van der Waals surface area contributed by atoms with Crippen molar-refractivity contribution in [2.45, 2.75) is 31.5 Å². The quantitative estimate of drug-likeness (QED) is 0.480. The van der Waals surface area contributed by atoms with E-state index in [4.69, 9.17) is 6.42 Å². The minimum Gasteiger partial charge on any atom is -0.344 e. The van der Waals surface area contributed by atoms with Crippen molar-refractivity contribution in [3.8, 4) is 12.3 Å². The summed E-state index contributed by atoms with van der Waals surface area (Å²) in [6.07, 6.45) is 6.98. The van der Waals surface area contributed by atoms with E-state index in [2.05, 4.69) is 23.1 Å². The molecule has 0 fully saturated rings. The Kier molecular flexibility index (Phi) is 6.24. The van der Waals surface area contributed by atoms with Crippen LogP contribution >= 0.6 is 11.8 Å². The molecule has 1 aromatic heterocycles. The van der Waals surface area contributed by atoms with Gasteiger partial charge in [0.05, 0.1) is 23.2 Å². The van der Waals surface area contributed by atoms with E-state index in [-0.39, 0.29) is 23.8 Å². The molecule has 23 heavy (non-hydrogen) atoms. The molecule has 0 unspecified atom stereocenters. The number of carbonyl (C=O) groups excluding carboxylic acids is 1. The van der Waals surface area contributed by atoms with Gasteiger partial charge in [0.15, 0.2) is 5.16 Å². The van der Waals surface area contributed by atoms with E-state index in [1.54, 1.807) is 10.6 Å². The molecule has 0 saturated heterocycles. The predicted molar refractivity (Wildman–Crippen MR) is 93.5 cm³/mol. The van der Waals surface area contributed by atoms with E-state index in [0.717, 1.165) is 12.8 Å².